The topological polar surface area (TPSA) is 44.8 Å². The molecule has 0 saturated heterocycles. The molecule has 1 unspecified atom stereocenters. The Balaban J connectivity index is 2.03. The molecule has 23 heavy (non-hydrogen) atoms. The molecule has 120 valence electrons. The maximum atomic E-state index is 13.0. The SMILES string of the molecule is COc1cc2c(cc1OC)C(=O)C(c1ccccc1OC)CC2. The zero-order chi connectivity index (χ0) is 16.4. The van der Waals surface area contributed by atoms with Gasteiger partial charge in [0, 0.05) is 11.1 Å². The molecule has 0 bridgehead atoms. The molecule has 1 aliphatic rings. The number of hydrogen-bond donors (Lipinski definition) is 0. The summed E-state index contributed by atoms with van der Waals surface area (Å²) in [5, 5.41) is 0. The second-order valence-electron chi connectivity index (χ2n) is 5.56. The van der Waals surface area contributed by atoms with Crippen LogP contribution in [0.5, 0.6) is 17.2 Å². The summed E-state index contributed by atoms with van der Waals surface area (Å²) in [6.45, 7) is 0. The van der Waals surface area contributed by atoms with E-state index >= 15 is 0 Å². The molecule has 2 aromatic rings. The molecule has 1 aliphatic carbocycles. The summed E-state index contributed by atoms with van der Waals surface area (Å²) in [5.41, 5.74) is 2.67. The fraction of sp³-hybridized carbons (Fsp3) is 0.316. The Hall–Kier alpha value is -2.49. The first-order valence-electron chi connectivity index (χ1n) is 7.61. The third-order valence-corrected chi connectivity index (χ3v) is 4.41. The highest BCUT2D eigenvalue weighted by Gasteiger charge is 2.31. The summed E-state index contributed by atoms with van der Waals surface area (Å²) < 4.78 is 16.1. The number of ketones is 1. The lowest BCUT2D eigenvalue weighted by Gasteiger charge is -2.26. The minimum atomic E-state index is -0.184. The average Bonchev–Trinajstić information content (AvgIpc) is 2.61. The van der Waals surface area contributed by atoms with Crippen LogP contribution >= 0.6 is 0 Å². The molecular formula is C19H20O4. The molecule has 4 nitrogen and oxygen atoms in total. The maximum absolute atomic E-state index is 13.0. The van der Waals surface area contributed by atoms with E-state index in [0.717, 1.165) is 29.7 Å². The van der Waals surface area contributed by atoms with Crippen molar-refractivity contribution in [3.05, 3.63) is 53.1 Å². The Labute approximate surface area is 136 Å². The van der Waals surface area contributed by atoms with Crippen molar-refractivity contribution >= 4 is 5.78 Å². The lowest BCUT2D eigenvalue weighted by molar-refractivity contribution is 0.0944. The predicted molar refractivity (Wildman–Crippen MR) is 87.9 cm³/mol. The number of ether oxygens (including phenoxy) is 3. The average molecular weight is 312 g/mol. The number of carbonyl (C=O) groups excluding carboxylic acids is 1. The van der Waals surface area contributed by atoms with Gasteiger partial charge < -0.3 is 14.2 Å². The molecule has 0 saturated carbocycles. The summed E-state index contributed by atoms with van der Waals surface area (Å²) >= 11 is 0. The third kappa shape index (κ3) is 2.65. The molecule has 0 amide bonds. The second kappa shape index (κ2) is 6.32. The molecule has 1 atom stereocenters. The normalized spacial score (nSPS) is 16.7. The van der Waals surface area contributed by atoms with E-state index in [4.69, 9.17) is 14.2 Å². The highest BCUT2D eigenvalue weighted by atomic mass is 16.5. The van der Waals surface area contributed by atoms with Crippen LogP contribution in [0, 0.1) is 0 Å². The molecule has 0 radical (unpaired) electrons. The fourth-order valence-electron chi connectivity index (χ4n) is 3.23. The number of benzene rings is 2. The first-order chi connectivity index (χ1) is 11.2. The third-order valence-electron chi connectivity index (χ3n) is 4.41. The number of Topliss-reactive ketones (excluding diaryl/α,β-unsaturated/α-hetero) is 1. The van der Waals surface area contributed by atoms with E-state index < -0.39 is 0 Å². The van der Waals surface area contributed by atoms with Gasteiger partial charge in [-0.2, -0.15) is 0 Å². The van der Waals surface area contributed by atoms with Crippen LogP contribution in [-0.4, -0.2) is 27.1 Å². The number of methoxy groups -OCH3 is 3. The monoisotopic (exact) mass is 312 g/mol. The van der Waals surface area contributed by atoms with Gasteiger partial charge in [0.05, 0.1) is 27.2 Å². The predicted octanol–water partition coefficient (Wildman–Crippen LogP) is 3.63. The van der Waals surface area contributed by atoms with Crippen molar-refractivity contribution < 1.29 is 19.0 Å². The van der Waals surface area contributed by atoms with Gasteiger partial charge >= 0.3 is 0 Å². The lowest BCUT2D eigenvalue weighted by atomic mass is 9.78. The first kappa shape index (κ1) is 15.4. The number of rotatable bonds is 4. The van der Waals surface area contributed by atoms with Crippen LogP contribution in [0.2, 0.25) is 0 Å². The highest BCUT2D eigenvalue weighted by molar-refractivity contribution is 6.04. The van der Waals surface area contributed by atoms with Crippen LogP contribution in [-0.2, 0) is 6.42 Å². The summed E-state index contributed by atoms with van der Waals surface area (Å²) in [6.07, 6.45) is 1.59. The van der Waals surface area contributed by atoms with E-state index in [9.17, 15) is 4.79 Å². The number of carbonyl (C=O) groups is 1. The van der Waals surface area contributed by atoms with Gasteiger partial charge in [-0.3, -0.25) is 4.79 Å². The number of para-hydroxylation sites is 1. The van der Waals surface area contributed by atoms with Crippen LogP contribution in [0.15, 0.2) is 36.4 Å². The molecule has 0 heterocycles. The van der Waals surface area contributed by atoms with Crippen LogP contribution in [0.4, 0.5) is 0 Å². The van der Waals surface area contributed by atoms with Gasteiger partial charge in [-0.15, -0.1) is 0 Å². The Kier molecular flexibility index (Phi) is 4.24. The van der Waals surface area contributed by atoms with Crippen molar-refractivity contribution in [2.24, 2.45) is 0 Å². The van der Waals surface area contributed by atoms with Crippen molar-refractivity contribution in [1.82, 2.24) is 0 Å². The summed E-state index contributed by atoms with van der Waals surface area (Å²) in [5.74, 6) is 1.93. The quantitative estimate of drug-likeness (QED) is 0.865. The molecule has 0 aromatic heterocycles. The van der Waals surface area contributed by atoms with Crippen LogP contribution < -0.4 is 14.2 Å². The number of fused-ring (bicyclic) bond motifs is 1. The van der Waals surface area contributed by atoms with Gasteiger partial charge in [0.2, 0.25) is 0 Å². The Bertz CT molecular complexity index is 736. The summed E-state index contributed by atoms with van der Waals surface area (Å²) in [4.78, 5) is 13.0. The van der Waals surface area contributed by atoms with Crippen molar-refractivity contribution in [3.8, 4) is 17.2 Å². The Morgan fingerprint density at radius 3 is 2.26 bits per heavy atom. The molecule has 2 aromatic carbocycles. The van der Waals surface area contributed by atoms with E-state index in [1.165, 1.54) is 0 Å². The fourth-order valence-corrected chi connectivity index (χ4v) is 3.23. The Morgan fingerprint density at radius 2 is 1.57 bits per heavy atom. The van der Waals surface area contributed by atoms with E-state index in [0.29, 0.717) is 17.1 Å². The standard InChI is InChI=1S/C19H20O4/c1-21-16-7-5-4-6-13(16)14-9-8-12-10-17(22-2)18(23-3)11-15(12)19(14)20/h4-7,10-11,14H,8-9H2,1-3H3. The minimum absolute atomic E-state index is 0.108. The number of hydrogen-bond acceptors (Lipinski definition) is 4. The summed E-state index contributed by atoms with van der Waals surface area (Å²) in [7, 11) is 4.82. The summed E-state index contributed by atoms with van der Waals surface area (Å²) in [6, 6.07) is 11.4. The molecular weight excluding hydrogens is 292 g/mol. The second-order valence-corrected chi connectivity index (χ2v) is 5.56. The lowest BCUT2D eigenvalue weighted by Crippen LogP contribution is -2.21. The molecule has 0 fully saturated rings. The van der Waals surface area contributed by atoms with Gasteiger partial charge in [0.25, 0.3) is 0 Å². The van der Waals surface area contributed by atoms with Gasteiger partial charge in [0.15, 0.2) is 17.3 Å². The molecule has 4 heteroatoms. The van der Waals surface area contributed by atoms with E-state index in [1.54, 1.807) is 27.4 Å². The van der Waals surface area contributed by atoms with Gasteiger partial charge in [-0.05, 0) is 36.6 Å². The Morgan fingerprint density at radius 1 is 0.913 bits per heavy atom. The first-order valence-corrected chi connectivity index (χ1v) is 7.61. The van der Waals surface area contributed by atoms with Crippen molar-refractivity contribution in [2.45, 2.75) is 18.8 Å². The van der Waals surface area contributed by atoms with Crippen LogP contribution in [0.1, 0.15) is 33.8 Å². The molecule has 0 N–H and O–H groups in total. The molecule has 0 spiro atoms. The zero-order valence-corrected chi connectivity index (χ0v) is 13.6. The maximum Gasteiger partial charge on any atom is 0.170 e. The van der Waals surface area contributed by atoms with Gasteiger partial charge in [-0.1, -0.05) is 18.2 Å². The van der Waals surface area contributed by atoms with Crippen molar-refractivity contribution in [3.63, 3.8) is 0 Å². The van der Waals surface area contributed by atoms with E-state index in [-0.39, 0.29) is 11.7 Å². The van der Waals surface area contributed by atoms with E-state index in [2.05, 4.69) is 0 Å². The largest absolute Gasteiger partial charge is 0.496 e. The minimum Gasteiger partial charge on any atom is -0.496 e. The van der Waals surface area contributed by atoms with Crippen LogP contribution in [0.3, 0.4) is 0 Å². The van der Waals surface area contributed by atoms with Gasteiger partial charge in [-0.25, -0.2) is 0 Å². The highest BCUT2D eigenvalue weighted by Crippen LogP contribution is 2.40. The van der Waals surface area contributed by atoms with Crippen LogP contribution in [0.25, 0.3) is 0 Å². The van der Waals surface area contributed by atoms with Gasteiger partial charge in [0.1, 0.15) is 5.75 Å². The number of aryl methyl sites for hydroxylation is 1. The smallest absolute Gasteiger partial charge is 0.170 e. The molecule has 3 rings (SSSR count). The van der Waals surface area contributed by atoms with E-state index in [1.807, 2.05) is 30.3 Å². The molecule has 0 aliphatic heterocycles. The van der Waals surface area contributed by atoms with Crippen molar-refractivity contribution in [1.29, 1.82) is 0 Å². The van der Waals surface area contributed by atoms with Crippen molar-refractivity contribution in [2.75, 3.05) is 21.3 Å². The zero-order valence-electron chi connectivity index (χ0n) is 13.6.